The highest BCUT2D eigenvalue weighted by molar-refractivity contribution is 6.44. The third kappa shape index (κ3) is 2.59. The zero-order valence-corrected chi connectivity index (χ0v) is 12.1. The number of rotatable bonds is 3. The van der Waals surface area contributed by atoms with Crippen LogP contribution in [0.4, 0.5) is 5.69 Å². The Kier molecular flexibility index (Phi) is 4.38. The van der Waals surface area contributed by atoms with Crippen molar-refractivity contribution in [1.82, 2.24) is 5.32 Å². The Hall–Kier alpha value is -0.480. The molecule has 0 bridgehead atoms. The lowest BCUT2D eigenvalue weighted by Crippen LogP contribution is -2.38. The van der Waals surface area contributed by atoms with Crippen molar-refractivity contribution in [3.8, 4) is 0 Å². The highest BCUT2D eigenvalue weighted by atomic mass is 35.5. The molecule has 1 fully saturated rings. The van der Waals surface area contributed by atoms with Gasteiger partial charge >= 0.3 is 0 Å². The van der Waals surface area contributed by atoms with E-state index in [0.29, 0.717) is 27.3 Å². The molecule has 1 heterocycles. The lowest BCUT2D eigenvalue weighted by molar-refractivity contribution is -0.118. The van der Waals surface area contributed by atoms with Gasteiger partial charge in [0, 0.05) is 6.54 Å². The SMILES string of the molecule is CCNC1CCN(c2cc(Cl)c(Cl)cc2Cl)C1=O. The summed E-state index contributed by atoms with van der Waals surface area (Å²) in [5.41, 5.74) is 0.622. The van der Waals surface area contributed by atoms with E-state index < -0.39 is 0 Å². The van der Waals surface area contributed by atoms with Crippen LogP contribution in [0, 0.1) is 0 Å². The predicted octanol–water partition coefficient (Wildman–Crippen LogP) is 3.36. The van der Waals surface area contributed by atoms with Crippen molar-refractivity contribution in [2.45, 2.75) is 19.4 Å². The van der Waals surface area contributed by atoms with Crippen LogP contribution in [-0.4, -0.2) is 25.0 Å². The average molecular weight is 308 g/mol. The molecule has 1 N–H and O–H groups in total. The van der Waals surface area contributed by atoms with Crippen LogP contribution in [0.25, 0.3) is 0 Å². The Balaban J connectivity index is 2.28. The van der Waals surface area contributed by atoms with Crippen LogP contribution in [0.2, 0.25) is 15.1 Å². The maximum absolute atomic E-state index is 12.2. The minimum absolute atomic E-state index is 0.0251. The highest BCUT2D eigenvalue weighted by Gasteiger charge is 2.33. The quantitative estimate of drug-likeness (QED) is 0.869. The van der Waals surface area contributed by atoms with Crippen molar-refractivity contribution in [2.24, 2.45) is 0 Å². The molecule has 1 amide bonds. The number of halogens is 3. The van der Waals surface area contributed by atoms with E-state index in [2.05, 4.69) is 5.32 Å². The second-order valence-electron chi connectivity index (χ2n) is 4.11. The molecule has 1 aliphatic heterocycles. The van der Waals surface area contributed by atoms with Gasteiger partial charge in [0.25, 0.3) is 0 Å². The van der Waals surface area contributed by atoms with Gasteiger partial charge < -0.3 is 10.2 Å². The first kappa shape index (κ1) is 13.9. The van der Waals surface area contributed by atoms with Gasteiger partial charge in [-0.25, -0.2) is 0 Å². The fourth-order valence-corrected chi connectivity index (χ4v) is 2.72. The van der Waals surface area contributed by atoms with Gasteiger partial charge in [-0.2, -0.15) is 0 Å². The standard InChI is InChI=1S/C12H13Cl3N2O/c1-2-16-10-3-4-17(12(10)18)11-6-8(14)7(13)5-9(11)15/h5-6,10,16H,2-4H2,1H3. The number of hydrogen-bond donors (Lipinski definition) is 1. The normalized spacial score (nSPS) is 19.7. The van der Waals surface area contributed by atoms with E-state index in [1.165, 1.54) is 0 Å². The Bertz CT molecular complexity index is 479. The Morgan fingerprint density at radius 2 is 1.94 bits per heavy atom. The van der Waals surface area contributed by atoms with Crippen LogP contribution in [0.1, 0.15) is 13.3 Å². The first-order valence-corrected chi connectivity index (χ1v) is 6.87. The Labute approximate surface area is 121 Å². The van der Waals surface area contributed by atoms with E-state index in [-0.39, 0.29) is 11.9 Å². The Morgan fingerprint density at radius 3 is 2.61 bits per heavy atom. The summed E-state index contributed by atoms with van der Waals surface area (Å²) >= 11 is 18.0. The third-order valence-electron chi connectivity index (χ3n) is 2.94. The number of benzene rings is 1. The van der Waals surface area contributed by atoms with E-state index in [0.717, 1.165) is 13.0 Å². The van der Waals surface area contributed by atoms with Gasteiger partial charge in [-0.15, -0.1) is 0 Å². The molecule has 6 heteroatoms. The van der Waals surface area contributed by atoms with Crippen LogP contribution < -0.4 is 10.2 Å². The van der Waals surface area contributed by atoms with Gasteiger partial charge in [-0.1, -0.05) is 41.7 Å². The molecule has 1 aromatic rings. The number of nitrogens with zero attached hydrogens (tertiary/aromatic N) is 1. The molecule has 1 unspecified atom stereocenters. The van der Waals surface area contributed by atoms with Crippen molar-refractivity contribution >= 4 is 46.4 Å². The van der Waals surface area contributed by atoms with E-state index in [9.17, 15) is 4.79 Å². The van der Waals surface area contributed by atoms with E-state index in [1.807, 2.05) is 6.92 Å². The number of nitrogens with one attached hydrogen (secondary N) is 1. The molecule has 1 aliphatic rings. The monoisotopic (exact) mass is 306 g/mol. The minimum Gasteiger partial charge on any atom is -0.309 e. The van der Waals surface area contributed by atoms with Gasteiger partial charge in [0.15, 0.2) is 0 Å². The smallest absolute Gasteiger partial charge is 0.244 e. The molecule has 0 spiro atoms. The molecule has 0 aromatic heterocycles. The molecular formula is C12H13Cl3N2O. The van der Waals surface area contributed by atoms with Crippen molar-refractivity contribution < 1.29 is 4.79 Å². The summed E-state index contributed by atoms with van der Waals surface area (Å²) in [7, 11) is 0. The summed E-state index contributed by atoms with van der Waals surface area (Å²) in [6, 6.07) is 3.06. The zero-order valence-electron chi connectivity index (χ0n) is 9.84. The number of amides is 1. The van der Waals surface area contributed by atoms with E-state index in [1.54, 1.807) is 17.0 Å². The van der Waals surface area contributed by atoms with E-state index >= 15 is 0 Å². The molecule has 1 atom stereocenters. The Morgan fingerprint density at radius 1 is 1.28 bits per heavy atom. The predicted molar refractivity (Wildman–Crippen MR) is 75.9 cm³/mol. The molecule has 1 aromatic carbocycles. The van der Waals surface area contributed by atoms with Crippen molar-refractivity contribution in [1.29, 1.82) is 0 Å². The van der Waals surface area contributed by atoms with Crippen LogP contribution >= 0.6 is 34.8 Å². The summed E-state index contributed by atoms with van der Waals surface area (Å²) in [5.74, 6) is 0.0251. The molecule has 0 saturated carbocycles. The number of hydrogen-bond acceptors (Lipinski definition) is 2. The van der Waals surface area contributed by atoms with Gasteiger partial charge in [-0.05, 0) is 25.1 Å². The average Bonchev–Trinajstić information content (AvgIpc) is 2.67. The van der Waals surface area contributed by atoms with Crippen LogP contribution in [0.15, 0.2) is 12.1 Å². The molecule has 98 valence electrons. The van der Waals surface area contributed by atoms with E-state index in [4.69, 9.17) is 34.8 Å². The largest absolute Gasteiger partial charge is 0.309 e. The minimum atomic E-state index is -0.138. The topological polar surface area (TPSA) is 32.3 Å². The highest BCUT2D eigenvalue weighted by Crippen LogP contribution is 2.36. The molecule has 0 radical (unpaired) electrons. The molecule has 0 aliphatic carbocycles. The van der Waals surface area contributed by atoms with Gasteiger partial charge in [0.05, 0.1) is 26.8 Å². The summed E-state index contributed by atoms with van der Waals surface area (Å²) < 4.78 is 0. The molecule has 3 nitrogen and oxygen atoms in total. The van der Waals surface area contributed by atoms with Crippen molar-refractivity contribution in [3.63, 3.8) is 0 Å². The first-order valence-electron chi connectivity index (χ1n) is 5.74. The second-order valence-corrected chi connectivity index (χ2v) is 5.33. The van der Waals surface area contributed by atoms with Crippen LogP contribution in [-0.2, 0) is 4.79 Å². The van der Waals surface area contributed by atoms with Crippen LogP contribution in [0.3, 0.4) is 0 Å². The summed E-state index contributed by atoms with van der Waals surface area (Å²) in [6.45, 7) is 3.37. The lowest BCUT2D eigenvalue weighted by Gasteiger charge is -2.19. The number of carbonyl (C=O) groups excluding carboxylic acids is 1. The summed E-state index contributed by atoms with van der Waals surface area (Å²) in [4.78, 5) is 13.8. The van der Waals surface area contributed by atoms with Crippen molar-refractivity contribution in [3.05, 3.63) is 27.2 Å². The molecular weight excluding hydrogens is 295 g/mol. The molecule has 1 saturated heterocycles. The van der Waals surface area contributed by atoms with Crippen LogP contribution in [0.5, 0.6) is 0 Å². The first-order chi connectivity index (χ1) is 8.54. The van der Waals surface area contributed by atoms with Gasteiger partial charge in [-0.3, -0.25) is 4.79 Å². The molecule has 18 heavy (non-hydrogen) atoms. The lowest BCUT2D eigenvalue weighted by atomic mass is 10.2. The van der Waals surface area contributed by atoms with Gasteiger partial charge in [0.2, 0.25) is 5.91 Å². The maximum Gasteiger partial charge on any atom is 0.244 e. The number of anilines is 1. The summed E-state index contributed by atoms with van der Waals surface area (Å²) in [5, 5.41) is 4.37. The maximum atomic E-state index is 12.2. The number of carbonyl (C=O) groups is 1. The molecule has 2 rings (SSSR count). The number of likely N-dealkylation sites (N-methyl/N-ethyl adjacent to an activating group) is 1. The zero-order chi connectivity index (χ0) is 13.3. The van der Waals surface area contributed by atoms with Crippen molar-refractivity contribution in [2.75, 3.05) is 18.0 Å². The second kappa shape index (κ2) is 5.66. The fraction of sp³-hybridized carbons (Fsp3) is 0.417. The fourth-order valence-electron chi connectivity index (χ4n) is 2.07. The van der Waals surface area contributed by atoms with Gasteiger partial charge in [0.1, 0.15) is 0 Å². The third-order valence-corrected chi connectivity index (χ3v) is 3.96. The summed E-state index contributed by atoms with van der Waals surface area (Å²) in [6.07, 6.45) is 0.767.